The first kappa shape index (κ1) is 20.2. The van der Waals surface area contributed by atoms with E-state index in [1.807, 2.05) is 4.90 Å². The molecule has 1 fully saturated rings. The van der Waals surface area contributed by atoms with Crippen LogP contribution in [0.4, 0.5) is 24.5 Å². The molecule has 0 saturated carbocycles. The van der Waals surface area contributed by atoms with Gasteiger partial charge in [-0.2, -0.15) is 13.2 Å². The zero-order valence-electron chi connectivity index (χ0n) is 14.2. The number of likely N-dealkylation sites (N-methyl/N-ethyl adjacent to an activating group) is 1. The molecule has 1 aromatic carbocycles. The summed E-state index contributed by atoms with van der Waals surface area (Å²) >= 11 is 5.71. The monoisotopic (exact) mass is 394 g/mol. The van der Waals surface area contributed by atoms with Crippen molar-refractivity contribution in [2.24, 2.45) is 0 Å². The van der Waals surface area contributed by atoms with E-state index in [0.717, 1.165) is 6.07 Å². The number of hydrogen-bond acceptors (Lipinski definition) is 5. The van der Waals surface area contributed by atoms with Gasteiger partial charge in [-0.05, 0) is 6.07 Å². The number of carbonyl (C=O) groups is 1. The Kier molecular flexibility index (Phi) is 5.97. The molecule has 0 aliphatic carbocycles. The molecule has 26 heavy (non-hydrogen) atoms. The molecule has 1 amide bonds. The van der Waals surface area contributed by atoms with Crippen LogP contribution in [0.15, 0.2) is 12.1 Å². The van der Waals surface area contributed by atoms with Crippen molar-refractivity contribution < 1.29 is 22.9 Å². The Morgan fingerprint density at radius 2 is 1.85 bits per heavy atom. The SMILES string of the molecule is CN(C)C(=O)CN1CCN(c2cc(Cl)c(C(F)(F)F)cc2[N+](=O)[O-])CC1. The molecule has 11 heteroatoms. The van der Waals surface area contributed by atoms with Crippen LogP contribution in [0.2, 0.25) is 5.02 Å². The van der Waals surface area contributed by atoms with Crippen molar-refractivity contribution in [3.8, 4) is 0 Å². The first-order valence-corrected chi connectivity index (χ1v) is 8.11. The number of halogens is 4. The first-order chi connectivity index (χ1) is 12.0. The molecule has 0 radical (unpaired) electrons. The van der Waals surface area contributed by atoms with Gasteiger partial charge in [-0.1, -0.05) is 11.6 Å². The van der Waals surface area contributed by atoms with E-state index in [0.29, 0.717) is 32.2 Å². The van der Waals surface area contributed by atoms with E-state index in [9.17, 15) is 28.1 Å². The lowest BCUT2D eigenvalue weighted by atomic mass is 10.1. The zero-order chi connectivity index (χ0) is 19.6. The highest BCUT2D eigenvalue weighted by Gasteiger charge is 2.37. The molecular weight excluding hydrogens is 377 g/mol. The Morgan fingerprint density at radius 3 is 2.31 bits per heavy atom. The van der Waals surface area contributed by atoms with Gasteiger partial charge in [-0.25, -0.2) is 0 Å². The molecule has 7 nitrogen and oxygen atoms in total. The van der Waals surface area contributed by atoms with Crippen LogP contribution in [0.1, 0.15) is 5.56 Å². The summed E-state index contributed by atoms with van der Waals surface area (Å²) in [6.45, 7) is 1.80. The summed E-state index contributed by atoms with van der Waals surface area (Å²) in [5.41, 5.74) is -1.82. The Bertz CT molecular complexity index is 704. The van der Waals surface area contributed by atoms with E-state index in [2.05, 4.69) is 0 Å². The third kappa shape index (κ3) is 4.55. The van der Waals surface area contributed by atoms with Crippen molar-refractivity contribution in [1.82, 2.24) is 9.80 Å². The normalized spacial score (nSPS) is 15.8. The molecule has 1 aliphatic heterocycles. The van der Waals surface area contributed by atoms with Crippen LogP contribution < -0.4 is 4.90 Å². The third-order valence-electron chi connectivity index (χ3n) is 4.14. The second-order valence-electron chi connectivity index (χ2n) is 6.13. The van der Waals surface area contributed by atoms with Gasteiger partial charge in [0.15, 0.2) is 0 Å². The molecule has 1 heterocycles. The number of carbonyl (C=O) groups excluding carboxylic acids is 1. The fourth-order valence-electron chi connectivity index (χ4n) is 2.65. The fourth-order valence-corrected chi connectivity index (χ4v) is 2.91. The zero-order valence-corrected chi connectivity index (χ0v) is 15.0. The van der Waals surface area contributed by atoms with Crippen LogP contribution in [-0.2, 0) is 11.0 Å². The maximum atomic E-state index is 12.9. The molecule has 0 N–H and O–H groups in total. The Labute approximate surface area is 153 Å². The number of nitro groups is 1. The van der Waals surface area contributed by atoms with Crippen molar-refractivity contribution in [2.45, 2.75) is 6.18 Å². The van der Waals surface area contributed by atoms with Crippen LogP contribution in [0.3, 0.4) is 0 Å². The highest BCUT2D eigenvalue weighted by Crippen LogP contribution is 2.41. The summed E-state index contributed by atoms with van der Waals surface area (Å²) in [6, 6.07) is 1.46. The lowest BCUT2D eigenvalue weighted by Gasteiger charge is -2.36. The molecule has 1 saturated heterocycles. The van der Waals surface area contributed by atoms with Crippen molar-refractivity contribution in [3.63, 3.8) is 0 Å². The number of nitro benzene ring substituents is 1. The third-order valence-corrected chi connectivity index (χ3v) is 4.45. The summed E-state index contributed by atoms with van der Waals surface area (Å²) in [5.74, 6) is -0.0676. The maximum Gasteiger partial charge on any atom is 0.418 e. The van der Waals surface area contributed by atoms with Gasteiger partial charge >= 0.3 is 6.18 Å². The van der Waals surface area contributed by atoms with Gasteiger partial charge in [0.1, 0.15) is 5.69 Å². The standard InChI is InChI=1S/C15H18ClF3N4O3/c1-20(2)14(24)9-21-3-5-22(6-4-21)12-8-11(16)10(15(17,18)19)7-13(12)23(25)26/h7-8H,3-6,9H2,1-2H3. The average molecular weight is 395 g/mol. The van der Waals surface area contributed by atoms with Crippen molar-refractivity contribution >= 4 is 28.9 Å². The summed E-state index contributed by atoms with van der Waals surface area (Å²) in [5, 5.41) is 10.7. The number of alkyl halides is 3. The number of rotatable bonds is 4. The van der Waals surface area contributed by atoms with E-state index >= 15 is 0 Å². The molecule has 1 aliphatic rings. The first-order valence-electron chi connectivity index (χ1n) is 7.73. The summed E-state index contributed by atoms with van der Waals surface area (Å²) < 4.78 is 38.8. The molecule has 0 aromatic heterocycles. The number of anilines is 1. The van der Waals surface area contributed by atoms with Gasteiger partial charge in [0.25, 0.3) is 5.69 Å². The topological polar surface area (TPSA) is 69.9 Å². The minimum atomic E-state index is -4.77. The number of benzene rings is 1. The van der Waals surface area contributed by atoms with Crippen molar-refractivity contribution in [1.29, 1.82) is 0 Å². The van der Waals surface area contributed by atoms with Crippen LogP contribution in [0, 0.1) is 10.1 Å². The van der Waals surface area contributed by atoms with Gasteiger partial charge in [-0.15, -0.1) is 0 Å². The van der Waals surface area contributed by atoms with E-state index in [-0.39, 0.29) is 18.1 Å². The minimum Gasteiger partial charge on any atom is -0.363 e. The van der Waals surface area contributed by atoms with E-state index < -0.39 is 27.4 Å². The fraction of sp³-hybridized carbons (Fsp3) is 0.533. The van der Waals surface area contributed by atoms with Crippen LogP contribution in [-0.4, -0.2) is 67.4 Å². The molecule has 0 unspecified atom stereocenters. The quantitative estimate of drug-likeness (QED) is 0.579. The Balaban J connectivity index is 2.21. The number of piperazine rings is 1. The second kappa shape index (κ2) is 7.67. The Morgan fingerprint density at radius 1 is 1.27 bits per heavy atom. The predicted octanol–water partition coefficient (Wildman–Crippen LogP) is 2.48. The minimum absolute atomic E-state index is 0.0478. The predicted molar refractivity (Wildman–Crippen MR) is 90.5 cm³/mol. The van der Waals surface area contributed by atoms with E-state index in [1.54, 1.807) is 19.0 Å². The molecule has 0 bridgehead atoms. The molecule has 144 valence electrons. The van der Waals surface area contributed by atoms with Crippen molar-refractivity contribution in [2.75, 3.05) is 51.7 Å². The molecule has 0 spiro atoms. The maximum absolute atomic E-state index is 12.9. The van der Waals surface area contributed by atoms with Crippen LogP contribution >= 0.6 is 11.6 Å². The lowest BCUT2D eigenvalue weighted by molar-refractivity contribution is -0.384. The lowest BCUT2D eigenvalue weighted by Crippen LogP contribution is -2.49. The van der Waals surface area contributed by atoms with Crippen LogP contribution in [0.25, 0.3) is 0 Å². The number of nitrogens with zero attached hydrogens (tertiary/aromatic N) is 4. The smallest absolute Gasteiger partial charge is 0.363 e. The molecule has 1 aromatic rings. The summed E-state index contributed by atoms with van der Waals surface area (Å²) in [7, 11) is 3.29. The molecular formula is C15H18ClF3N4O3. The van der Waals surface area contributed by atoms with Gasteiger partial charge in [-0.3, -0.25) is 19.8 Å². The summed E-state index contributed by atoms with van der Waals surface area (Å²) in [4.78, 5) is 27.1. The van der Waals surface area contributed by atoms with E-state index in [1.165, 1.54) is 4.90 Å². The number of amides is 1. The van der Waals surface area contributed by atoms with Gasteiger partial charge in [0, 0.05) is 46.3 Å². The summed E-state index contributed by atoms with van der Waals surface area (Å²) in [6.07, 6.45) is -4.77. The van der Waals surface area contributed by atoms with E-state index in [4.69, 9.17) is 11.6 Å². The van der Waals surface area contributed by atoms with Crippen LogP contribution in [0.5, 0.6) is 0 Å². The van der Waals surface area contributed by atoms with Gasteiger partial charge < -0.3 is 9.80 Å². The molecule has 0 atom stereocenters. The second-order valence-corrected chi connectivity index (χ2v) is 6.53. The average Bonchev–Trinajstić information content (AvgIpc) is 2.53. The number of hydrogen-bond donors (Lipinski definition) is 0. The van der Waals surface area contributed by atoms with Crippen molar-refractivity contribution in [3.05, 3.63) is 32.8 Å². The highest BCUT2D eigenvalue weighted by molar-refractivity contribution is 6.31. The Hall–Kier alpha value is -2.07. The largest absolute Gasteiger partial charge is 0.418 e. The molecule has 2 rings (SSSR count). The van der Waals surface area contributed by atoms with Gasteiger partial charge in [0.2, 0.25) is 5.91 Å². The highest BCUT2D eigenvalue weighted by atomic mass is 35.5. The van der Waals surface area contributed by atoms with Gasteiger partial charge in [0.05, 0.1) is 22.1 Å².